The van der Waals surface area contributed by atoms with E-state index < -0.39 is 0 Å². The number of hydrogen-bond acceptors (Lipinski definition) is 6. The van der Waals surface area contributed by atoms with Crippen LogP contribution in [0.4, 0.5) is 5.69 Å². The van der Waals surface area contributed by atoms with E-state index in [1.165, 1.54) is 7.11 Å². The molecule has 4 N–H and O–H groups in total. The van der Waals surface area contributed by atoms with E-state index in [-0.39, 0.29) is 12.5 Å². The molecule has 0 aliphatic carbocycles. The number of carbonyl (C=O) groups excluding carboxylic acids is 1. The minimum absolute atomic E-state index is 0.173. The molecule has 0 aliphatic rings. The number of nitrogens with two attached hydrogens (primary N) is 1. The highest BCUT2D eigenvalue weighted by atomic mass is 16.5. The van der Waals surface area contributed by atoms with Gasteiger partial charge in [-0.25, -0.2) is 0 Å². The van der Waals surface area contributed by atoms with E-state index in [0.717, 1.165) is 0 Å². The van der Waals surface area contributed by atoms with Gasteiger partial charge < -0.3 is 15.8 Å². The second-order valence-corrected chi connectivity index (χ2v) is 3.46. The maximum Gasteiger partial charge on any atom is 0.253 e. The van der Waals surface area contributed by atoms with Crippen molar-refractivity contribution in [3.63, 3.8) is 0 Å². The Morgan fingerprint density at radius 1 is 1.56 bits per heavy atom. The number of carbonyl (C=O) groups is 1. The lowest BCUT2D eigenvalue weighted by atomic mass is 10.1. The molecule has 0 saturated carbocycles. The zero-order valence-corrected chi connectivity index (χ0v) is 9.67. The Morgan fingerprint density at radius 3 is 3.06 bits per heavy atom. The van der Waals surface area contributed by atoms with Gasteiger partial charge in [-0.3, -0.25) is 4.79 Å². The van der Waals surface area contributed by atoms with Crippen molar-refractivity contribution in [1.82, 2.24) is 25.9 Å². The predicted molar refractivity (Wildman–Crippen MR) is 62.8 cm³/mol. The van der Waals surface area contributed by atoms with Crippen molar-refractivity contribution in [3.05, 3.63) is 29.6 Å². The Kier molecular flexibility index (Phi) is 3.37. The number of aromatic nitrogens is 4. The van der Waals surface area contributed by atoms with Gasteiger partial charge in [0.05, 0.1) is 19.2 Å². The normalized spacial score (nSPS) is 10.1. The highest BCUT2D eigenvalue weighted by molar-refractivity contribution is 5.99. The van der Waals surface area contributed by atoms with E-state index in [9.17, 15) is 4.79 Å². The molecular weight excluding hydrogens is 236 g/mol. The Bertz CT molecular complexity index is 539. The summed E-state index contributed by atoms with van der Waals surface area (Å²) in [7, 11) is 1.52. The molecule has 0 atom stereocenters. The first kappa shape index (κ1) is 11.8. The second-order valence-electron chi connectivity index (χ2n) is 3.46. The number of benzene rings is 1. The Morgan fingerprint density at radius 2 is 2.39 bits per heavy atom. The van der Waals surface area contributed by atoms with Crippen LogP contribution >= 0.6 is 0 Å². The molecule has 2 rings (SSSR count). The summed E-state index contributed by atoms with van der Waals surface area (Å²) in [6.07, 6.45) is 0. The van der Waals surface area contributed by atoms with Gasteiger partial charge in [0.15, 0.2) is 5.82 Å². The van der Waals surface area contributed by atoms with Gasteiger partial charge >= 0.3 is 0 Å². The number of amides is 1. The number of ether oxygens (including phenoxy) is 1. The molecule has 0 saturated heterocycles. The van der Waals surface area contributed by atoms with Crippen molar-refractivity contribution in [2.24, 2.45) is 0 Å². The van der Waals surface area contributed by atoms with Crippen LogP contribution in [0.3, 0.4) is 0 Å². The number of tetrazole rings is 1. The summed E-state index contributed by atoms with van der Waals surface area (Å²) in [4.78, 5) is 11.9. The van der Waals surface area contributed by atoms with Crippen LogP contribution < -0.4 is 15.8 Å². The maximum absolute atomic E-state index is 11.9. The first-order valence-corrected chi connectivity index (χ1v) is 5.14. The number of methoxy groups -OCH3 is 1. The molecule has 18 heavy (non-hydrogen) atoms. The zero-order chi connectivity index (χ0) is 13.0. The number of hydrogen-bond donors (Lipinski definition) is 3. The van der Waals surface area contributed by atoms with Crippen molar-refractivity contribution < 1.29 is 9.53 Å². The molecule has 0 fully saturated rings. The summed E-state index contributed by atoms with van der Waals surface area (Å²) in [5, 5.41) is 15.8. The topological polar surface area (TPSA) is 119 Å². The Balaban J connectivity index is 2.08. The van der Waals surface area contributed by atoms with Gasteiger partial charge in [0.1, 0.15) is 5.75 Å². The SMILES string of the molecule is COc1ccc(N)c(C(=O)NCc2nn[nH]n2)c1. The van der Waals surface area contributed by atoms with Crippen molar-refractivity contribution in [2.75, 3.05) is 12.8 Å². The molecule has 1 aromatic carbocycles. The third kappa shape index (κ3) is 2.54. The lowest BCUT2D eigenvalue weighted by molar-refractivity contribution is 0.0950. The fraction of sp³-hybridized carbons (Fsp3) is 0.200. The molecule has 0 radical (unpaired) electrons. The van der Waals surface area contributed by atoms with Crippen LogP contribution in [0.2, 0.25) is 0 Å². The van der Waals surface area contributed by atoms with Gasteiger partial charge in [-0.1, -0.05) is 5.21 Å². The minimum atomic E-state index is -0.323. The first-order chi connectivity index (χ1) is 8.70. The van der Waals surface area contributed by atoms with Gasteiger partial charge in [0.2, 0.25) is 0 Å². The minimum Gasteiger partial charge on any atom is -0.497 e. The summed E-state index contributed by atoms with van der Waals surface area (Å²) in [5.74, 6) is 0.634. The van der Waals surface area contributed by atoms with E-state index in [0.29, 0.717) is 22.8 Å². The van der Waals surface area contributed by atoms with Gasteiger partial charge in [-0.2, -0.15) is 5.21 Å². The molecule has 2 aromatic rings. The number of nitrogens with zero attached hydrogens (tertiary/aromatic N) is 3. The molecule has 0 unspecified atom stereocenters. The van der Waals surface area contributed by atoms with Crippen molar-refractivity contribution in [3.8, 4) is 5.75 Å². The molecule has 1 heterocycles. The monoisotopic (exact) mass is 248 g/mol. The fourth-order valence-corrected chi connectivity index (χ4v) is 1.37. The van der Waals surface area contributed by atoms with Gasteiger partial charge in [0, 0.05) is 5.69 Å². The summed E-state index contributed by atoms with van der Waals surface area (Å²) in [6, 6.07) is 4.87. The van der Waals surface area contributed by atoms with Crippen molar-refractivity contribution in [1.29, 1.82) is 0 Å². The Labute approximate surface area is 103 Å². The van der Waals surface area contributed by atoms with E-state index in [4.69, 9.17) is 10.5 Å². The fourth-order valence-electron chi connectivity index (χ4n) is 1.37. The quantitative estimate of drug-likeness (QED) is 0.640. The lowest BCUT2D eigenvalue weighted by Crippen LogP contribution is -2.24. The van der Waals surface area contributed by atoms with Gasteiger partial charge in [-0.15, -0.1) is 10.2 Å². The molecule has 1 aromatic heterocycles. The van der Waals surface area contributed by atoms with E-state index in [2.05, 4.69) is 25.9 Å². The zero-order valence-electron chi connectivity index (χ0n) is 9.67. The van der Waals surface area contributed by atoms with E-state index in [1.54, 1.807) is 18.2 Å². The van der Waals surface area contributed by atoms with Crippen LogP contribution in [0.15, 0.2) is 18.2 Å². The number of anilines is 1. The molecule has 0 aliphatic heterocycles. The third-order valence-corrected chi connectivity index (χ3v) is 2.30. The molecule has 94 valence electrons. The number of nitrogens with one attached hydrogen (secondary N) is 2. The van der Waals surface area contributed by atoms with Crippen LogP contribution in [0, 0.1) is 0 Å². The average Bonchev–Trinajstić information content (AvgIpc) is 2.89. The molecule has 1 amide bonds. The molecule has 8 heteroatoms. The van der Waals surface area contributed by atoms with Crippen LogP contribution in [-0.4, -0.2) is 33.6 Å². The van der Waals surface area contributed by atoms with Crippen molar-refractivity contribution in [2.45, 2.75) is 6.54 Å². The third-order valence-electron chi connectivity index (χ3n) is 2.30. The predicted octanol–water partition coefficient (Wildman–Crippen LogP) is -0.280. The Hall–Kier alpha value is -2.64. The summed E-state index contributed by atoms with van der Waals surface area (Å²) < 4.78 is 5.04. The number of aromatic amines is 1. The van der Waals surface area contributed by atoms with Crippen LogP contribution in [0.1, 0.15) is 16.2 Å². The number of nitrogen functional groups attached to an aromatic ring is 1. The van der Waals surface area contributed by atoms with Crippen molar-refractivity contribution >= 4 is 11.6 Å². The first-order valence-electron chi connectivity index (χ1n) is 5.14. The van der Waals surface area contributed by atoms with Gasteiger partial charge in [0.25, 0.3) is 5.91 Å². The number of H-pyrrole nitrogens is 1. The van der Waals surface area contributed by atoms with Crippen LogP contribution in [0.25, 0.3) is 0 Å². The maximum atomic E-state index is 11.9. The largest absolute Gasteiger partial charge is 0.497 e. The van der Waals surface area contributed by atoms with Crippen LogP contribution in [0.5, 0.6) is 5.75 Å². The van der Waals surface area contributed by atoms with E-state index >= 15 is 0 Å². The van der Waals surface area contributed by atoms with E-state index in [1.807, 2.05) is 0 Å². The standard InChI is InChI=1S/C10H12N6O2/c1-18-6-2-3-8(11)7(4-6)10(17)12-5-9-13-15-16-14-9/h2-4H,5,11H2,1H3,(H,12,17)(H,13,14,15,16). The summed E-state index contributed by atoms with van der Waals surface area (Å²) in [5.41, 5.74) is 6.45. The molecule has 0 spiro atoms. The van der Waals surface area contributed by atoms with Gasteiger partial charge in [-0.05, 0) is 18.2 Å². The molecule has 8 nitrogen and oxygen atoms in total. The molecular formula is C10H12N6O2. The highest BCUT2D eigenvalue weighted by Crippen LogP contribution is 2.19. The number of rotatable bonds is 4. The molecule has 0 bridgehead atoms. The summed E-state index contributed by atoms with van der Waals surface area (Å²) >= 11 is 0. The second kappa shape index (κ2) is 5.13. The highest BCUT2D eigenvalue weighted by Gasteiger charge is 2.11. The van der Waals surface area contributed by atoms with Crippen LogP contribution in [-0.2, 0) is 6.54 Å². The summed E-state index contributed by atoms with van der Waals surface area (Å²) in [6.45, 7) is 0.173. The lowest BCUT2D eigenvalue weighted by Gasteiger charge is -2.07. The average molecular weight is 248 g/mol. The smallest absolute Gasteiger partial charge is 0.253 e.